The molecule has 0 spiro atoms. The van der Waals surface area contributed by atoms with Crippen LogP contribution in [0.5, 0.6) is 0 Å². The van der Waals surface area contributed by atoms with Gasteiger partial charge in [0.05, 0.1) is 17.5 Å². The Morgan fingerprint density at radius 1 is 1.00 bits per heavy atom. The molecule has 2 aromatic rings. The maximum atomic E-state index is 13.5. The van der Waals surface area contributed by atoms with Crippen molar-refractivity contribution in [3.63, 3.8) is 0 Å². The molecule has 1 amide bonds. The average Bonchev–Trinajstić information content (AvgIpc) is 2.84. The van der Waals surface area contributed by atoms with Gasteiger partial charge in [-0.25, -0.2) is 4.39 Å². The topological polar surface area (TPSA) is 35.6 Å². The molecule has 1 aliphatic carbocycles. The van der Waals surface area contributed by atoms with E-state index in [9.17, 15) is 22.4 Å². The van der Waals surface area contributed by atoms with Crippen LogP contribution in [0.4, 0.5) is 23.2 Å². The fourth-order valence-electron chi connectivity index (χ4n) is 5.91. The number of halogens is 4. The van der Waals surface area contributed by atoms with Gasteiger partial charge in [0.1, 0.15) is 5.82 Å². The van der Waals surface area contributed by atoms with Gasteiger partial charge in [0.2, 0.25) is 5.91 Å². The van der Waals surface area contributed by atoms with Gasteiger partial charge in [-0.2, -0.15) is 13.2 Å². The van der Waals surface area contributed by atoms with Crippen LogP contribution in [0.15, 0.2) is 42.5 Å². The minimum Gasteiger partial charge on any atom is -0.365 e. The molecule has 2 atom stereocenters. The molecule has 2 fully saturated rings. The van der Waals surface area contributed by atoms with Crippen LogP contribution in [0.3, 0.4) is 0 Å². The van der Waals surface area contributed by atoms with Gasteiger partial charge in [0.15, 0.2) is 0 Å². The molecule has 188 valence electrons. The summed E-state index contributed by atoms with van der Waals surface area (Å²) in [5.41, 5.74) is 1.71. The molecule has 1 saturated heterocycles. The van der Waals surface area contributed by atoms with E-state index >= 15 is 0 Å². The van der Waals surface area contributed by atoms with Crippen LogP contribution in [0, 0.1) is 11.7 Å². The third-order valence-electron chi connectivity index (χ3n) is 7.73. The van der Waals surface area contributed by atoms with E-state index in [0.717, 1.165) is 43.0 Å². The molecular formula is C27H31F4N3O. The van der Waals surface area contributed by atoms with Crippen LogP contribution in [-0.2, 0) is 23.9 Å². The van der Waals surface area contributed by atoms with Gasteiger partial charge >= 0.3 is 6.18 Å². The van der Waals surface area contributed by atoms with Crippen molar-refractivity contribution in [3.05, 3.63) is 65.0 Å². The molecule has 2 unspecified atom stereocenters. The molecule has 2 aliphatic heterocycles. The summed E-state index contributed by atoms with van der Waals surface area (Å²) in [6.07, 6.45) is 1.15. The van der Waals surface area contributed by atoms with Gasteiger partial charge < -0.3 is 10.2 Å². The number of carbonyl (C=O) groups is 1. The summed E-state index contributed by atoms with van der Waals surface area (Å²) >= 11 is 0. The van der Waals surface area contributed by atoms with Crippen molar-refractivity contribution in [2.24, 2.45) is 5.92 Å². The smallest absolute Gasteiger partial charge is 0.365 e. The van der Waals surface area contributed by atoms with E-state index in [1.165, 1.54) is 24.6 Å². The summed E-state index contributed by atoms with van der Waals surface area (Å²) in [4.78, 5) is 17.9. The Kier molecular flexibility index (Phi) is 6.75. The van der Waals surface area contributed by atoms with Gasteiger partial charge in [0, 0.05) is 37.9 Å². The predicted octanol–water partition coefficient (Wildman–Crippen LogP) is 5.16. The second-order valence-electron chi connectivity index (χ2n) is 10.1. The van der Waals surface area contributed by atoms with E-state index in [4.69, 9.17) is 0 Å². The van der Waals surface area contributed by atoms with E-state index < -0.39 is 17.7 Å². The number of benzene rings is 2. The molecule has 35 heavy (non-hydrogen) atoms. The number of alkyl halides is 3. The Labute approximate surface area is 203 Å². The number of hydrogen-bond donors (Lipinski definition) is 1. The van der Waals surface area contributed by atoms with E-state index in [2.05, 4.69) is 15.1 Å². The Morgan fingerprint density at radius 2 is 1.74 bits per heavy atom. The molecule has 0 aromatic heterocycles. The highest BCUT2D eigenvalue weighted by Crippen LogP contribution is 2.40. The third kappa shape index (κ3) is 5.32. The van der Waals surface area contributed by atoms with Crippen molar-refractivity contribution in [3.8, 4) is 0 Å². The first-order valence-electron chi connectivity index (χ1n) is 12.5. The largest absolute Gasteiger partial charge is 0.416 e. The second-order valence-corrected chi connectivity index (χ2v) is 10.1. The van der Waals surface area contributed by atoms with Crippen LogP contribution in [-0.4, -0.2) is 42.5 Å². The Hall–Kier alpha value is -2.61. The molecule has 4 nitrogen and oxygen atoms in total. The van der Waals surface area contributed by atoms with Crippen LogP contribution < -0.4 is 10.2 Å². The van der Waals surface area contributed by atoms with Crippen molar-refractivity contribution in [1.82, 2.24) is 10.2 Å². The number of piperazine rings is 1. The SMILES string of the molecule is O=C(NC1CCCCC1)C1Cc2cc(C(F)(F)F)ccc2N2CCN(Cc3ccc(F)cc3)CC12. The number of anilines is 1. The number of fused-ring (bicyclic) bond motifs is 3. The fourth-order valence-corrected chi connectivity index (χ4v) is 5.91. The normalized spacial score (nSPS) is 23.5. The zero-order chi connectivity index (χ0) is 24.6. The quantitative estimate of drug-likeness (QED) is 0.603. The van der Waals surface area contributed by atoms with Gasteiger partial charge in [-0.3, -0.25) is 9.69 Å². The summed E-state index contributed by atoms with van der Waals surface area (Å²) in [6, 6.07) is 10.4. The van der Waals surface area contributed by atoms with E-state index in [-0.39, 0.29) is 23.8 Å². The van der Waals surface area contributed by atoms with Crippen LogP contribution in [0.25, 0.3) is 0 Å². The van der Waals surface area contributed by atoms with E-state index in [1.54, 1.807) is 18.2 Å². The summed E-state index contributed by atoms with van der Waals surface area (Å²) in [5.74, 6) is -0.761. The number of hydrogen-bond acceptors (Lipinski definition) is 3. The molecule has 8 heteroatoms. The summed E-state index contributed by atoms with van der Waals surface area (Å²) in [5, 5.41) is 3.22. The van der Waals surface area contributed by atoms with Crippen LogP contribution in [0.1, 0.15) is 48.8 Å². The van der Waals surface area contributed by atoms with Gasteiger partial charge in [0.25, 0.3) is 0 Å². The summed E-state index contributed by atoms with van der Waals surface area (Å²) in [6.45, 7) is 2.60. The van der Waals surface area contributed by atoms with Crippen molar-refractivity contribution in [2.45, 2.75) is 63.3 Å². The number of amides is 1. The zero-order valence-electron chi connectivity index (χ0n) is 19.7. The Morgan fingerprint density at radius 3 is 2.46 bits per heavy atom. The molecular weight excluding hydrogens is 458 g/mol. The lowest BCUT2D eigenvalue weighted by Gasteiger charge is -2.49. The molecule has 0 bridgehead atoms. The minimum atomic E-state index is -4.42. The molecule has 1 N–H and O–H groups in total. The van der Waals surface area contributed by atoms with E-state index in [1.807, 2.05) is 0 Å². The lowest BCUT2D eigenvalue weighted by Crippen LogP contribution is -2.61. The number of carbonyl (C=O) groups excluding carboxylic acids is 1. The van der Waals surface area contributed by atoms with Crippen molar-refractivity contribution >= 4 is 11.6 Å². The Bertz CT molecular complexity index is 1050. The lowest BCUT2D eigenvalue weighted by molar-refractivity contribution is -0.137. The third-order valence-corrected chi connectivity index (χ3v) is 7.73. The van der Waals surface area contributed by atoms with Crippen molar-refractivity contribution < 1.29 is 22.4 Å². The summed E-state index contributed by atoms with van der Waals surface area (Å²) < 4.78 is 53.6. The Balaban J connectivity index is 1.40. The number of nitrogens with one attached hydrogen (secondary N) is 1. The highest BCUT2D eigenvalue weighted by atomic mass is 19.4. The van der Waals surface area contributed by atoms with E-state index in [0.29, 0.717) is 38.2 Å². The summed E-state index contributed by atoms with van der Waals surface area (Å²) in [7, 11) is 0. The minimum absolute atomic E-state index is 0.0569. The van der Waals surface area contributed by atoms with Gasteiger partial charge in [-0.1, -0.05) is 31.4 Å². The maximum absolute atomic E-state index is 13.5. The molecule has 3 aliphatic rings. The monoisotopic (exact) mass is 489 g/mol. The van der Waals surface area contributed by atoms with Crippen LogP contribution >= 0.6 is 0 Å². The highest BCUT2D eigenvalue weighted by Gasteiger charge is 2.43. The number of nitrogens with zero attached hydrogens (tertiary/aromatic N) is 2. The number of rotatable bonds is 4. The van der Waals surface area contributed by atoms with Gasteiger partial charge in [-0.15, -0.1) is 0 Å². The predicted molar refractivity (Wildman–Crippen MR) is 126 cm³/mol. The van der Waals surface area contributed by atoms with Crippen LogP contribution in [0.2, 0.25) is 0 Å². The molecule has 1 saturated carbocycles. The first-order valence-corrected chi connectivity index (χ1v) is 12.5. The van der Waals surface area contributed by atoms with Crippen molar-refractivity contribution in [1.29, 1.82) is 0 Å². The second kappa shape index (κ2) is 9.80. The zero-order valence-corrected chi connectivity index (χ0v) is 19.7. The average molecular weight is 490 g/mol. The highest BCUT2D eigenvalue weighted by molar-refractivity contribution is 5.82. The van der Waals surface area contributed by atoms with Gasteiger partial charge in [-0.05, 0) is 60.7 Å². The maximum Gasteiger partial charge on any atom is 0.416 e. The molecule has 2 aromatic carbocycles. The molecule has 0 radical (unpaired) electrons. The standard InChI is InChI=1S/C27H31F4N3O/c28-21-9-6-18(7-10-21)16-33-12-13-34-24-11-8-20(27(29,30)31)14-19(24)15-23(25(34)17-33)26(35)32-22-4-2-1-3-5-22/h6-11,14,22-23,25H,1-5,12-13,15-17H2,(H,32,35). The lowest BCUT2D eigenvalue weighted by atomic mass is 9.82. The van der Waals surface area contributed by atoms with Crippen molar-refractivity contribution in [2.75, 3.05) is 24.5 Å². The first kappa shape index (κ1) is 24.1. The molecule has 2 heterocycles. The fraction of sp³-hybridized carbons (Fsp3) is 0.519. The first-order chi connectivity index (χ1) is 16.8. The molecule has 5 rings (SSSR count).